The van der Waals surface area contributed by atoms with Crippen LogP contribution in [0.3, 0.4) is 0 Å². The molecule has 0 aliphatic carbocycles. The van der Waals surface area contributed by atoms with Gasteiger partial charge < -0.3 is 14.7 Å². The summed E-state index contributed by atoms with van der Waals surface area (Å²) in [4.78, 5) is 13.9. The molecule has 0 spiro atoms. The van der Waals surface area contributed by atoms with Gasteiger partial charge in [-0.1, -0.05) is 41.9 Å². The second-order valence-electron chi connectivity index (χ2n) is 7.11. The van der Waals surface area contributed by atoms with Crippen LogP contribution in [0.4, 0.5) is 0 Å². The third-order valence-electron chi connectivity index (χ3n) is 5.33. The van der Waals surface area contributed by atoms with Crippen molar-refractivity contribution in [3.8, 4) is 11.3 Å². The Bertz CT molecular complexity index is 1100. The van der Waals surface area contributed by atoms with Crippen LogP contribution in [-0.2, 0) is 11.3 Å². The van der Waals surface area contributed by atoms with Gasteiger partial charge in [0.2, 0.25) is 0 Å². The Hall–Kier alpha value is -2.60. The fourth-order valence-electron chi connectivity index (χ4n) is 3.87. The van der Waals surface area contributed by atoms with E-state index in [-0.39, 0.29) is 6.04 Å². The van der Waals surface area contributed by atoms with Crippen molar-refractivity contribution in [2.45, 2.75) is 12.6 Å². The van der Waals surface area contributed by atoms with Crippen LogP contribution in [0.25, 0.3) is 22.2 Å². The number of nitrogens with zero attached hydrogens (tertiary/aromatic N) is 2. The molecule has 1 unspecified atom stereocenters. The van der Waals surface area contributed by atoms with Crippen molar-refractivity contribution >= 4 is 22.5 Å². The van der Waals surface area contributed by atoms with Gasteiger partial charge in [0.25, 0.3) is 0 Å². The fourth-order valence-corrected chi connectivity index (χ4v) is 4.06. The van der Waals surface area contributed by atoms with E-state index >= 15 is 0 Å². The van der Waals surface area contributed by atoms with Crippen LogP contribution in [-0.4, -0.2) is 39.6 Å². The summed E-state index contributed by atoms with van der Waals surface area (Å²) in [6, 6.07) is 16.3. The third-order valence-corrected chi connectivity index (χ3v) is 5.57. The number of para-hydroxylation sites is 1. The van der Waals surface area contributed by atoms with Gasteiger partial charge in [0, 0.05) is 40.8 Å². The number of aromatic amines is 2. The Balaban J connectivity index is 1.42. The lowest BCUT2D eigenvalue weighted by Gasteiger charge is -2.34. The highest BCUT2D eigenvalue weighted by atomic mass is 35.5. The second kappa shape index (κ2) is 7.43. The number of imidazole rings is 1. The summed E-state index contributed by atoms with van der Waals surface area (Å²) in [7, 11) is 0. The molecule has 0 radical (unpaired) electrons. The largest absolute Gasteiger partial charge is 0.378 e. The molecule has 0 saturated carbocycles. The van der Waals surface area contributed by atoms with Crippen molar-refractivity contribution in [3.05, 3.63) is 77.3 Å². The zero-order valence-electron chi connectivity index (χ0n) is 15.4. The van der Waals surface area contributed by atoms with Gasteiger partial charge in [-0.25, -0.2) is 4.98 Å². The van der Waals surface area contributed by atoms with E-state index in [0.29, 0.717) is 6.61 Å². The van der Waals surface area contributed by atoms with Gasteiger partial charge in [0.05, 0.1) is 31.1 Å². The van der Waals surface area contributed by atoms with Crippen molar-refractivity contribution < 1.29 is 4.74 Å². The molecule has 0 bridgehead atoms. The van der Waals surface area contributed by atoms with Crippen molar-refractivity contribution in [1.29, 1.82) is 0 Å². The Morgan fingerprint density at radius 3 is 3.04 bits per heavy atom. The Morgan fingerprint density at radius 2 is 2.11 bits per heavy atom. The van der Waals surface area contributed by atoms with E-state index in [9.17, 15) is 0 Å². The molecule has 5 nitrogen and oxygen atoms in total. The first-order valence-electron chi connectivity index (χ1n) is 9.45. The molecule has 2 N–H and O–H groups in total. The summed E-state index contributed by atoms with van der Waals surface area (Å²) in [6.45, 7) is 3.09. The zero-order chi connectivity index (χ0) is 18.9. The number of nitrogens with one attached hydrogen (secondary N) is 2. The van der Waals surface area contributed by atoms with Gasteiger partial charge in [-0.3, -0.25) is 4.90 Å². The minimum Gasteiger partial charge on any atom is -0.378 e. The third kappa shape index (κ3) is 3.33. The van der Waals surface area contributed by atoms with Gasteiger partial charge in [-0.15, -0.1) is 0 Å². The first-order valence-corrected chi connectivity index (χ1v) is 9.83. The lowest BCUT2D eigenvalue weighted by molar-refractivity contribution is -0.0154. The highest BCUT2D eigenvalue weighted by Gasteiger charge is 2.27. The number of hydrogen-bond donors (Lipinski definition) is 2. The maximum atomic E-state index is 6.14. The van der Waals surface area contributed by atoms with Crippen LogP contribution >= 0.6 is 11.6 Å². The average molecular weight is 393 g/mol. The van der Waals surface area contributed by atoms with E-state index in [1.54, 1.807) is 0 Å². The summed E-state index contributed by atoms with van der Waals surface area (Å²) in [5.74, 6) is 0.925. The highest BCUT2D eigenvalue weighted by molar-refractivity contribution is 6.30. The Labute approximate surface area is 168 Å². The van der Waals surface area contributed by atoms with Gasteiger partial charge in [-0.2, -0.15) is 0 Å². The van der Waals surface area contributed by atoms with Crippen LogP contribution in [0.1, 0.15) is 17.4 Å². The van der Waals surface area contributed by atoms with Gasteiger partial charge in [0.15, 0.2) is 0 Å². The van der Waals surface area contributed by atoms with E-state index < -0.39 is 0 Å². The summed E-state index contributed by atoms with van der Waals surface area (Å²) in [5, 5.41) is 1.99. The van der Waals surface area contributed by atoms with Crippen LogP contribution in [0.15, 0.2) is 60.9 Å². The lowest BCUT2D eigenvalue weighted by Crippen LogP contribution is -2.39. The van der Waals surface area contributed by atoms with Crippen molar-refractivity contribution in [1.82, 2.24) is 19.9 Å². The molecule has 142 valence electrons. The van der Waals surface area contributed by atoms with Crippen LogP contribution in [0.5, 0.6) is 0 Å². The maximum Gasteiger partial charge on any atom is 0.126 e. The molecule has 1 fully saturated rings. The molecule has 6 heteroatoms. The molecular weight excluding hydrogens is 372 g/mol. The predicted octanol–water partition coefficient (Wildman–Crippen LogP) is 4.78. The first-order chi connectivity index (χ1) is 13.8. The van der Waals surface area contributed by atoms with E-state index in [1.807, 2.05) is 30.5 Å². The SMILES string of the molecule is Clc1cccc(-c2cnc(C3COCCN3Cc3c[nH]c4ccccc34)[nH]2)c1. The maximum absolute atomic E-state index is 6.14. The van der Waals surface area contributed by atoms with Crippen molar-refractivity contribution in [2.75, 3.05) is 19.8 Å². The molecule has 4 aromatic rings. The normalized spacial score (nSPS) is 18.0. The number of rotatable bonds is 4. The Kier molecular flexibility index (Phi) is 4.64. The quantitative estimate of drug-likeness (QED) is 0.525. The van der Waals surface area contributed by atoms with Crippen molar-refractivity contribution in [2.24, 2.45) is 0 Å². The lowest BCUT2D eigenvalue weighted by atomic mass is 10.1. The topological polar surface area (TPSA) is 56.9 Å². The molecule has 28 heavy (non-hydrogen) atoms. The van der Waals surface area contributed by atoms with Gasteiger partial charge >= 0.3 is 0 Å². The highest BCUT2D eigenvalue weighted by Crippen LogP contribution is 2.29. The molecule has 1 aliphatic heterocycles. The van der Waals surface area contributed by atoms with Gasteiger partial charge in [-0.05, 0) is 23.8 Å². The summed E-state index contributed by atoms with van der Waals surface area (Å²) < 4.78 is 5.78. The number of halogens is 1. The number of morpholine rings is 1. The second-order valence-corrected chi connectivity index (χ2v) is 7.55. The van der Waals surface area contributed by atoms with E-state index in [1.165, 1.54) is 16.5 Å². The number of hydrogen-bond acceptors (Lipinski definition) is 3. The fraction of sp³-hybridized carbons (Fsp3) is 0.227. The number of H-pyrrole nitrogens is 2. The number of ether oxygens (including phenoxy) is 1. The van der Waals surface area contributed by atoms with Crippen LogP contribution < -0.4 is 0 Å². The first kappa shape index (κ1) is 17.5. The molecule has 1 saturated heterocycles. The number of fused-ring (bicyclic) bond motifs is 1. The molecule has 5 rings (SSSR count). The van der Waals surface area contributed by atoms with Crippen LogP contribution in [0, 0.1) is 0 Å². The summed E-state index contributed by atoms with van der Waals surface area (Å²) in [6.07, 6.45) is 3.98. The molecule has 2 aromatic heterocycles. The van der Waals surface area contributed by atoms with Crippen molar-refractivity contribution in [3.63, 3.8) is 0 Å². The van der Waals surface area contributed by atoms with Gasteiger partial charge in [0.1, 0.15) is 5.82 Å². The standard InChI is InChI=1S/C22H21ClN4O/c23-17-5-3-4-15(10-17)20-12-25-22(26-20)21-14-28-9-8-27(21)13-16-11-24-19-7-2-1-6-18(16)19/h1-7,10-12,21,24H,8-9,13-14H2,(H,25,26). The molecule has 1 aliphatic rings. The zero-order valence-corrected chi connectivity index (χ0v) is 16.1. The van der Waals surface area contributed by atoms with Crippen LogP contribution in [0.2, 0.25) is 5.02 Å². The summed E-state index contributed by atoms with van der Waals surface area (Å²) in [5.41, 5.74) is 4.47. The predicted molar refractivity (Wildman–Crippen MR) is 111 cm³/mol. The average Bonchev–Trinajstić information content (AvgIpc) is 3.37. The van der Waals surface area contributed by atoms with E-state index in [0.717, 1.165) is 41.8 Å². The Morgan fingerprint density at radius 1 is 1.18 bits per heavy atom. The van der Waals surface area contributed by atoms with E-state index in [4.69, 9.17) is 16.3 Å². The minimum absolute atomic E-state index is 0.0929. The number of aromatic nitrogens is 3. The molecule has 0 amide bonds. The van der Waals surface area contributed by atoms with E-state index in [2.05, 4.69) is 50.3 Å². The number of benzene rings is 2. The molecule has 3 heterocycles. The minimum atomic E-state index is 0.0929. The summed E-state index contributed by atoms with van der Waals surface area (Å²) >= 11 is 6.14. The molecule has 1 atom stereocenters. The smallest absolute Gasteiger partial charge is 0.126 e. The molecular formula is C22H21ClN4O. The monoisotopic (exact) mass is 392 g/mol. The molecule has 2 aromatic carbocycles.